The van der Waals surface area contributed by atoms with Crippen molar-refractivity contribution in [2.24, 2.45) is 5.73 Å². The van der Waals surface area contributed by atoms with E-state index in [0.717, 1.165) is 38.5 Å². The zero-order chi connectivity index (χ0) is 9.80. The van der Waals surface area contributed by atoms with Gasteiger partial charge in [-0.05, 0) is 6.54 Å². The number of oxazole rings is 1. The lowest BCUT2D eigenvalue weighted by Crippen LogP contribution is -2.36. The van der Waals surface area contributed by atoms with Gasteiger partial charge in [-0.15, -0.1) is 0 Å². The van der Waals surface area contributed by atoms with Crippen LogP contribution < -0.4 is 10.6 Å². The molecule has 2 rings (SSSR count). The Balaban J connectivity index is 2.00. The van der Waals surface area contributed by atoms with Crippen LogP contribution in [0.1, 0.15) is 5.76 Å². The number of rotatable bonds is 3. The molecule has 1 aromatic rings. The molecule has 0 radical (unpaired) electrons. The molecular weight excluding hydrogens is 182 g/mol. The molecule has 1 aliphatic rings. The molecule has 0 bridgehead atoms. The Morgan fingerprint density at radius 3 is 2.93 bits per heavy atom. The predicted octanol–water partition coefficient (Wildman–Crippen LogP) is 0.0124. The quantitative estimate of drug-likeness (QED) is 0.739. The average molecular weight is 197 g/mol. The lowest BCUT2D eigenvalue weighted by Gasteiger charge is -2.24. The maximum atomic E-state index is 5.54. The highest BCUT2D eigenvalue weighted by Crippen LogP contribution is 2.15. The van der Waals surface area contributed by atoms with E-state index in [9.17, 15) is 0 Å². The first-order valence-corrected chi connectivity index (χ1v) is 4.87. The third kappa shape index (κ3) is 2.05. The second-order valence-corrected chi connectivity index (χ2v) is 3.25. The van der Waals surface area contributed by atoms with Crippen LogP contribution in [0.15, 0.2) is 10.6 Å². The Kier molecular flexibility index (Phi) is 3.00. The molecule has 0 unspecified atom stereocenters. The Morgan fingerprint density at radius 1 is 1.43 bits per heavy atom. The molecule has 1 aliphatic heterocycles. The number of nitrogens with two attached hydrogens (primary N) is 1. The molecule has 0 atom stereocenters. The molecule has 0 saturated carbocycles. The van der Waals surface area contributed by atoms with E-state index in [1.807, 2.05) is 0 Å². The van der Waals surface area contributed by atoms with Crippen molar-refractivity contribution in [3.05, 3.63) is 12.0 Å². The first-order valence-electron chi connectivity index (χ1n) is 4.87. The summed E-state index contributed by atoms with van der Waals surface area (Å²) in [6, 6.07) is 0.691. The van der Waals surface area contributed by atoms with Gasteiger partial charge in [0.15, 0.2) is 0 Å². The summed E-state index contributed by atoms with van der Waals surface area (Å²) in [7, 11) is 0. The van der Waals surface area contributed by atoms with Crippen molar-refractivity contribution in [3.63, 3.8) is 0 Å². The Hall–Kier alpha value is -1.07. The number of hydrogen-bond donors (Lipinski definition) is 1. The summed E-state index contributed by atoms with van der Waals surface area (Å²) in [6.45, 7) is 3.78. The smallest absolute Gasteiger partial charge is 0.297 e. The molecule has 2 N–H and O–H groups in total. The zero-order valence-electron chi connectivity index (χ0n) is 8.11. The van der Waals surface area contributed by atoms with Gasteiger partial charge in [0.1, 0.15) is 5.76 Å². The molecular formula is C9H15N3O2. The highest BCUT2D eigenvalue weighted by Gasteiger charge is 2.15. The normalized spacial score (nSPS) is 17.4. The van der Waals surface area contributed by atoms with Crippen LogP contribution in [0, 0.1) is 0 Å². The Labute approximate surface area is 82.8 Å². The van der Waals surface area contributed by atoms with Crippen LogP contribution in [0.4, 0.5) is 6.01 Å². The van der Waals surface area contributed by atoms with Crippen LogP contribution in [-0.2, 0) is 11.2 Å². The summed E-state index contributed by atoms with van der Waals surface area (Å²) in [6.07, 6.45) is 2.50. The lowest BCUT2D eigenvalue weighted by molar-refractivity contribution is 0.120. The van der Waals surface area contributed by atoms with Crippen molar-refractivity contribution in [2.45, 2.75) is 6.42 Å². The topological polar surface area (TPSA) is 64.5 Å². The van der Waals surface area contributed by atoms with E-state index >= 15 is 0 Å². The molecule has 0 spiro atoms. The van der Waals surface area contributed by atoms with Crippen molar-refractivity contribution in [1.29, 1.82) is 0 Å². The number of morpholine rings is 1. The number of ether oxygens (including phenoxy) is 1. The molecule has 1 fully saturated rings. The molecule has 5 heteroatoms. The second-order valence-electron chi connectivity index (χ2n) is 3.25. The molecule has 5 nitrogen and oxygen atoms in total. The molecule has 0 amide bonds. The number of aromatic nitrogens is 1. The largest absolute Gasteiger partial charge is 0.429 e. The Bertz CT molecular complexity index is 281. The number of hydrogen-bond acceptors (Lipinski definition) is 5. The maximum absolute atomic E-state index is 5.54. The van der Waals surface area contributed by atoms with E-state index in [1.54, 1.807) is 6.20 Å². The van der Waals surface area contributed by atoms with E-state index in [4.69, 9.17) is 14.9 Å². The SMILES string of the molecule is NCCc1cnc(N2CCOCC2)o1. The van der Waals surface area contributed by atoms with Crippen LogP contribution in [0.25, 0.3) is 0 Å². The summed E-state index contributed by atoms with van der Waals surface area (Å²) >= 11 is 0. The first kappa shape index (κ1) is 9.48. The highest BCUT2D eigenvalue weighted by atomic mass is 16.5. The minimum atomic E-state index is 0.595. The molecule has 14 heavy (non-hydrogen) atoms. The summed E-state index contributed by atoms with van der Waals surface area (Å²) < 4.78 is 10.8. The van der Waals surface area contributed by atoms with Crippen LogP contribution in [0.5, 0.6) is 0 Å². The van der Waals surface area contributed by atoms with Gasteiger partial charge in [-0.25, -0.2) is 4.98 Å². The van der Waals surface area contributed by atoms with Gasteiger partial charge in [-0.1, -0.05) is 0 Å². The van der Waals surface area contributed by atoms with Gasteiger partial charge in [-0.3, -0.25) is 0 Å². The minimum absolute atomic E-state index is 0.595. The second kappa shape index (κ2) is 4.43. The standard InChI is InChI=1S/C9H15N3O2/c10-2-1-8-7-11-9(14-8)12-3-5-13-6-4-12/h7H,1-6,10H2. The minimum Gasteiger partial charge on any atom is -0.429 e. The van der Waals surface area contributed by atoms with Crippen LogP contribution in [0.3, 0.4) is 0 Å². The molecule has 0 aliphatic carbocycles. The zero-order valence-corrected chi connectivity index (χ0v) is 8.11. The summed E-state index contributed by atoms with van der Waals surface area (Å²) in [5, 5.41) is 0. The average Bonchev–Trinajstić information content (AvgIpc) is 2.68. The van der Waals surface area contributed by atoms with E-state index in [1.165, 1.54) is 0 Å². The van der Waals surface area contributed by atoms with Gasteiger partial charge in [0.25, 0.3) is 6.01 Å². The van der Waals surface area contributed by atoms with Gasteiger partial charge in [0.2, 0.25) is 0 Å². The van der Waals surface area contributed by atoms with Gasteiger partial charge in [0.05, 0.1) is 19.4 Å². The fourth-order valence-corrected chi connectivity index (χ4v) is 1.46. The molecule has 0 aromatic carbocycles. The van der Waals surface area contributed by atoms with E-state index in [2.05, 4.69) is 9.88 Å². The third-order valence-electron chi connectivity index (χ3n) is 2.21. The summed E-state index contributed by atoms with van der Waals surface area (Å²) in [5.41, 5.74) is 5.43. The van der Waals surface area contributed by atoms with Crippen LogP contribution in [0.2, 0.25) is 0 Å². The molecule has 1 aromatic heterocycles. The van der Waals surface area contributed by atoms with Crippen LogP contribution >= 0.6 is 0 Å². The molecule has 1 saturated heterocycles. The molecule has 2 heterocycles. The van der Waals surface area contributed by atoms with E-state index in [0.29, 0.717) is 12.6 Å². The van der Waals surface area contributed by atoms with Gasteiger partial charge in [-0.2, -0.15) is 0 Å². The van der Waals surface area contributed by atoms with Gasteiger partial charge >= 0.3 is 0 Å². The van der Waals surface area contributed by atoms with E-state index in [-0.39, 0.29) is 0 Å². The Morgan fingerprint density at radius 2 is 2.21 bits per heavy atom. The lowest BCUT2D eigenvalue weighted by atomic mass is 10.4. The maximum Gasteiger partial charge on any atom is 0.297 e. The van der Waals surface area contributed by atoms with Crippen molar-refractivity contribution in [1.82, 2.24) is 4.98 Å². The molecule has 78 valence electrons. The summed E-state index contributed by atoms with van der Waals surface area (Å²) in [4.78, 5) is 6.29. The van der Waals surface area contributed by atoms with Crippen molar-refractivity contribution < 1.29 is 9.15 Å². The van der Waals surface area contributed by atoms with Crippen molar-refractivity contribution in [2.75, 3.05) is 37.7 Å². The third-order valence-corrected chi connectivity index (χ3v) is 2.21. The highest BCUT2D eigenvalue weighted by molar-refractivity contribution is 5.26. The first-order chi connectivity index (χ1) is 6.90. The fourth-order valence-electron chi connectivity index (χ4n) is 1.46. The van der Waals surface area contributed by atoms with Crippen molar-refractivity contribution >= 4 is 6.01 Å². The van der Waals surface area contributed by atoms with Gasteiger partial charge < -0.3 is 19.8 Å². The predicted molar refractivity (Wildman–Crippen MR) is 52.3 cm³/mol. The van der Waals surface area contributed by atoms with Crippen molar-refractivity contribution in [3.8, 4) is 0 Å². The monoisotopic (exact) mass is 197 g/mol. The number of anilines is 1. The van der Waals surface area contributed by atoms with Gasteiger partial charge in [0, 0.05) is 19.5 Å². The number of nitrogens with zero attached hydrogens (tertiary/aromatic N) is 2. The summed E-state index contributed by atoms with van der Waals surface area (Å²) in [5.74, 6) is 0.856. The van der Waals surface area contributed by atoms with E-state index < -0.39 is 0 Å². The fraction of sp³-hybridized carbons (Fsp3) is 0.667. The van der Waals surface area contributed by atoms with Crippen LogP contribution in [-0.4, -0.2) is 37.8 Å².